The first-order valence-electron chi connectivity index (χ1n) is 6.39. The number of alkyl halides is 1. The third kappa shape index (κ3) is 2.16. The number of halogens is 1. The summed E-state index contributed by atoms with van der Waals surface area (Å²) in [4.78, 5) is 17.4. The summed E-state index contributed by atoms with van der Waals surface area (Å²) in [7, 11) is 0. The van der Waals surface area contributed by atoms with Gasteiger partial charge in [-0.3, -0.25) is 9.36 Å². The molecule has 20 heavy (non-hydrogen) atoms. The van der Waals surface area contributed by atoms with Crippen LogP contribution in [-0.2, 0) is 0 Å². The van der Waals surface area contributed by atoms with E-state index in [2.05, 4.69) is 20.9 Å². The molecule has 0 spiro atoms. The molecule has 0 aliphatic rings. The van der Waals surface area contributed by atoms with Gasteiger partial charge >= 0.3 is 0 Å². The van der Waals surface area contributed by atoms with Gasteiger partial charge in [0.25, 0.3) is 5.56 Å². The minimum Gasteiger partial charge on any atom is -0.268 e. The van der Waals surface area contributed by atoms with Crippen LogP contribution in [0.1, 0.15) is 17.6 Å². The van der Waals surface area contributed by atoms with Crippen LogP contribution in [0.3, 0.4) is 0 Å². The molecule has 0 aliphatic carbocycles. The van der Waals surface area contributed by atoms with Crippen molar-refractivity contribution >= 4 is 26.8 Å². The zero-order valence-corrected chi connectivity index (χ0v) is 12.5. The van der Waals surface area contributed by atoms with Crippen molar-refractivity contribution in [2.45, 2.75) is 11.8 Å². The van der Waals surface area contributed by atoms with E-state index in [1.54, 1.807) is 4.57 Å². The van der Waals surface area contributed by atoms with Gasteiger partial charge < -0.3 is 0 Å². The Morgan fingerprint density at radius 3 is 2.40 bits per heavy atom. The van der Waals surface area contributed by atoms with E-state index in [1.165, 1.54) is 0 Å². The van der Waals surface area contributed by atoms with Crippen LogP contribution < -0.4 is 5.56 Å². The Kier molecular flexibility index (Phi) is 3.40. The maximum atomic E-state index is 12.8. The van der Waals surface area contributed by atoms with Crippen LogP contribution in [0.25, 0.3) is 16.6 Å². The third-order valence-corrected chi connectivity index (χ3v) is 3.58. The number of hydrogen-bond acceptors (Lipinski definition) is 2. The SMILES string of the molecule is CC(Br)c1nc2ccccc2c(=O)n1-c1ccccc1. The topological polar surface area (TPSA) is 34.9 Å². The average molecular weight is 329 g/mol. The predicted octanol–water partition coefficient (Wildman–Crippen LogP) is 3.84. The van der Waals surface area contributed by atoms with Gasteiger partial charge in [0, 0.05) is 0 Å². The normalized spacial score (nSPS) is 12.5. The summed E-state index contributed by atoms with van der Waals surface area (Å²) in [6.07, 6.45) is 0. The summed E-state index contributed by atoms with van der Waals surface area (Å²) in [5.41, 5.74) is 1.52. The Hall–Kier alpha value is -1.94. The zero-order chi connectivity index (χ0) is 14.1. The molecule has 3 rings (SSSR count). The van der Waals surface area contributed by atoms with E-state index >= 15 is 0 Å². The lowest BCUT2D eigenvalue weighted by Crippen LogP contribution is -2.24. The molecule has 1 atom stereocenters. The molecule has 0 bridgehead atoms. The van der Waals surface area contributed by atoms with Crippen molar-refractivity contribution in [3.8, 4) is 5.69 Å². The van der Waals surface area contributed by atoms with Gasteiger partial charge in [0.2, 0.25) is 0 Å². The molecule has 3 aromatic rings. The standard InChI is InChI=1S/C16H13BrN2O/c1-11(17)15-18-14-10-6-5-9-13(14)16(20)19(15)12-7-3-2-4-8-12/h2-11H,1H3. The fourth-order valence-electron chi connectivity index (χ4n) is 2.24. The Morgan fingerprint density at radius 2 is 1.70 bits per heavy atom. The first-order valence-corrected chi connectivity index (χ1v) is 7.31. The molecule has 0 fully saturated rings. The van der Waals surface area contributed by atoms with Crippen LogP contribution in [0.2, 0.25) is 0 Å². The van der Waals surface area contributed by atoms with E-state index in [-0.39, 0.29) is 10.4 Å². The molecule has 0 radical (unpaired) electrons. The Labute approximate surface area is 125 Å². The van der Waals surface area contributed by atoms with Gasteiger partial charge in [0.05, 0.1) is 21.4 Å². The molecule has 0 amide bonds. The maximum Gasteiger partial charge on any atom is 0.265 e. The van der Waals surface area contributed by atoms with Crippen molar-refractivity contribution in [1.82, 2.24) is 9.55 Å². The van der Waals surface area contributed by atoms with Gasteiger partial charge in [-0.05, 0) is 31.2 Å². The van der Waals surface area contributed by atoms with Gasteiger partial charge in [-0.25, -0.2) is 4.98 Å². The lowest BCUT2D eigenvalue weighted by atomic mass is 10.2. The highest BCUT2D eigenvalue weighted by Gasteiger charge is 2.15. The summed E-state index contributed by atoms with van der Waals surface area (Å²) in [6.45, 7) is 1.97. The second-order valence-corrected chi connectivity index (χ2v) is 5.95. The fraction of sp³-hybridized carbons (Fsp3) is 0.125. The largest absolute Gasteiger partial charge is 0.268 e. The van der Waals surface area contributed by atoms with Crippen LogP contribution in [0.5, 0.6) is 0 Å². The summed E-state index contributed by atoms with van der Waals surface area (Å²) in [5.74, 6) is 0.708. The summed E-state index contributed by atoms with van der Waals surface area (Å²) in [5, 5.41) is 0.633. The van der Waals surface area contributed by atoms with E-state index in [0.29, 0.717) is 11.2 Å². The summed E-state index contributed by atoms with van der Waals surface area (Å²) >= 11 is 3.53. The molecule has 0 aliphatic heterocycles. The zero-order valence-electron chi connectivity index (χ0n) is 11.0. The van der Waals surface area contributed by atoms with Crippen LogP contribution in [0.15, 0.2) is 59.4 Å². The first-order chi connectivity index (χ1) is 9.68. The highest BCUT2D eigenvalue weighted by atomic mass is 79.9. The molecular weight excluding hydrogens is 316 g/mol. The second kappa shape index (κ2) is 5.21. The predicted molar refractivity (Wildman–Crippen MR) is 84.7 cm³/mol. The van der Waals surface area contributed by atoms with E-state index < -0.39 is 0 Å². The first kappa shape index (κ1) is 13.1. The number of hydrogen-bond donors (Lipinski definition) is 0. The molecule has 2 aromatic carbocycles. The van der Waals surface area contributed by atoms with Gasteiger partial charge in [0.1, 0.15) is 5.82 Å². The molecule has 0 N–H and O–H groups in total. The Bertz CT molecular complexity index is 810. The average Bonchev–Trinajstić information content (AvgIpc) is 2.48. The van der Waals surface area contributed by atoms with Crippen LogP contribution in [0, 0.1) is 0 Å². The highest BCUT2D eigenvalue weighted by Crippen LogP contribution is 2.23. The van der Waals surface area contributed by atoms with Gasteiger partial charge in [-0.15, -0.1) is 0 Å². The van der Waals surface area contributed by atoms with E-state index in [1.807, 2.05) is 61.5 Å². The monoisotopic (exact) mass is 328 g/mol. The number of fused-ring (bicyclic) bond motifs is 1. The Morgan fingerprint density at radius 1 is 1.05 bits per heavy atom. The summed E-state index contributed by atoms with van der Waals surface area (Å²) < 4.78 is 1.67. The summed E-state index contributed by atoms with van der Waals surface area (Å²) in [6, 6.07) is 17.0. The minimum absolute atomic E-state index is 0.0139. The molecule has 0 saturated heterocycles. The molecule has 1 heterocycles. The second-order valence-electron chi connectivity index (χ2n) is 4.58. The molecule has 3 nitrogen and oxygen atoms in total. The third-order valence-electron chi connectivity index (χ3n) is 3.17. The van der Waals surface area contributed by atoms with Crippen molar-refractivity contribution in [1.29, 1.82) is 0 Å². The molecule has 1 aromatic heterocycles. The van der Waals surface area contributed by atoms with Crippen molar-refractivity contribution in [3.63, 3.8) is 0 Å². The van der Waals surface area contributed by atoms with Gasteiger partial charge in [0.15, 0.2) is 0 Å². The molecule has 0 saturated carbocycles. The number of benzene rings is 2. The van der Waals surface area contributed by atoms with Crippen LogP contribution >= 0.6 is 15.9 Å². The molecular formula is C16H13BrN2O. The number of rotatable bonds is 2. The number of nitrogens with zero attached hydrogens (tertiary/aromatic N) is 2. The smallest absolute Gasteiger partial charge is 0.265 e. The quantitative estimate of drug-likeness (QED) is 0.670. The van der Waals surface area contributed by atoms with Crippen molar-refractivity contribution in [3.05, 3.63) is 70.8 Å². The molecule has 100 valence electrons. The molecule has 4 heteroatoms. The van der Waals surface area contributed by atoms with E-state index in [4.69, 9.17) is 0 Å². The highest BCUT2D eigenvalue weighted by molar-refractivity contribution is 9.09. The van der Waals surface area contributed by atoms with Gasteiger partial charge in [-0.1, -0.05) is 46.3 Å². The van der Waals surface area contributed by atoms with Crippen LogP contribution in [-0.4, -0.2) is 9.55 Å². The van der Waals surface area contributed by atoms with E-state index in [9.17, 15) is 4.79 Å². The minimum atomic E-state index is -0.0388. The number of para-hydroxylation sites is 2. The van der Waals surface area contributed by atoms with Crippen molar-refractivity contribution in [2.24, 2.45) is 0 Å². The molecule has 1 unspecified atom stereocenters. The van der Waals surface area contributed by atoms with E-state index in [0.717, 1.165) is 11.2 Å². The number of aromatic nitrogens is 2. The lowest BCUT2D eigenvalue weighted by Gasteiger charge is -2.15. The van der Waals surface area contributed by atoms with Gasteiger partial charge in [-0.2, -0.15) is 0 Å². The Balaban J connectivity index is 2.43. The van der Waals surface area contributed by atoms with Crippen LogP contribution in [0.4, 0.5) is 0 Å². The van der Waals surface area contributed by atoms with Crippen molar-refractivity contribution < 1.29 is 0 Å². The van der Waals surface area contributed by atoms with Crippen molar-refractivity contribution in [2.75, 3.05) is 0 Å². The maximum absolute atomic E-state index is 12.8. The lowest BCUT2D eigenvalue weighted by molar-refractivity contribution is 0.828. The fourth-order valence-corrected chi connectivity index (χ4v) is 2.55.